The number of piperidine rings is 1. The molecule has 0 amide bonds. The molecule has 0 bridgehead atoms. The number of nitrogens with zero attached hydrogens (tertiary/aromatic N) is 3. The summed E-state index contributed by atoms with van der Waals surface area (Å²) in [5.41, 5.74) is 0.979. The van der Waals surface area contributed by atoms with E-state index in [2.05, 4.69) is 30.8 Å². The highest BCUT2D eigenvalue weighted by molar-refractivity contribution is 5.04. The molecule has 18 heavy (non-hydrogen) atoms. The van der Waals surface area contributed by atoms with E-state index < -0.39 is 0 Å². The Kier molecular flexibility index (Phi) is 4.17. The van der Waals surface area contributed by atoms with Crippen LogP contribution >= 0.6 is 0 Å². The minimum Gasteiger partial charge on any atom is -0.306 e. The third-order valence-electron chi connectivity index (χ3n) is 3.79. The minimum atomic E-state index is 0.0904. The third kappa shape index (κ3) is 3.19. The van der Waals surface area contributed by atoms with Crippen LogP contribution in [0.25, 0.3) is 0 Å². The van der Waals surface area contributed by atoms with Crippen LogP contribution in [0.2, 0.25) is 0 Å². The average Bonchev–Trinajstić information content (AvgIpc) is 2.34. The van der Waals surface area contributed by atoms with E-state index in [1.54, 1.807) is 17.0 Å². The molecule has 1 fully saturated rings. The Morgan fingerprint density at radius 1 is 1.39 bits per heavy atom. The van der Waals surface area contributed by atoms with E-state index in [0.717, 1.165) is 25.3 Å². The molecule has 4 nitrogen and oxygen atoms in total. The lowest BCUT2D eigenvalue weighted by atomic mass is 9.97. The van der Waals surface area contributed by atoms with Crippen molar-refractivity contribution >= 4 is 0 Å². The summed E-state index contributed by atoms with van der Waals surface area (Å²) in [6.07, 6.45) is 4.07. The normalized spacial score (nSPS) is 18.4. The monoisotopic (exact) mass is 249 g/mol. The summed E-state index contributed by atoms with van der Waals surface area (Å²) in [5.74, 6) is 0.932. The van der Waals surface area contributed by atoms with Crippen LogP contribution in [0.3, 0.4) is 0 Å². The number of rotatable bonds is 3. The zero-order valence-corrected chi connectivity index (χ0v) is 11.6. The van der Waals surface area contributed by atoms with Gasteiger partial charge in [-0.2, -0.15) is 0 Å². The topological polar surface area (TPSA) is 38.1 Å². The Labute approximate surface area is 109 Å². The van der Waals surface area contributed by atoms with Gasteiger partial charge in [-0.1, -0.05) is 13.8 Å². The van der Waals surface area contributed by atoms with E-state index in [4.69, 9.17) is 0 Å². The molecule has 1 aromatic rings. The lowest BCUT2D eigenvalue weighted by molar-refractivity contribution is 0.203. The first-order valence-corrected chi connectivity index (χ1v) is 6.81. The van der Waals surface area contributed by atoms with Gasteiger partial charge >= 0.3 is 0 Å². The summed E-state index contributed by atoms with van der Waals surface area (Å²) in [5, 5.41) is 0. The summed E-state index contributed by atoms with van der Waals surface area (Å²) in [6.45, 7) is 7.21. The van der Waals surface area contributed by atoms with E-state index in [9.17, 15) is 4.79 Å². The fourth-order valence-corrected chi connectivity index (χ4v) is 2.42. The van der Waals surface area contributed by atoms with Gasteiger partial charge in [0.15, 0.2) is 0 Å². The van der Waals surface area contributed by atoms with Gasteiger partial charge in [0, 0.05) is 12.6 Å². The van der Waals surface area contributed by atoms with E-state index in [0.29, 0.717) is 11.8 Å². The summed E-state index contributed by atoms with van der Waals surface area (Å²) >= 11 is 0. The van der Waals surface area contributed by atoms with Crippen molar-refractivity contribution in [2.24, 2.45) is 5.92 Å². The van der Waals surface area contributed by atoms with Crippen molar-refractivity contribution in [1.82, 2.24) is 14.5 Å². The Balaban J connectivity index is 2.04. The molecule has 0 saturated carbocycles. The fourth-order valence-electron chi connectivity index (χ4n) is 2.42. The molecule has 1 aromatic heterocycles. The highest BCUT2D eigenvalue weighted by atomic mass is 16.1. The Hall–Kier alpha value is -1.16. The summed E-state index contributed by atoms with van der Waals surface area (Å²) in [6, 6.07) is 1.68. The molecular weight excluding hydrogens is 226 g/mol. The predicted octanol–water partition coefficient (Wildman–Crippen LogP) is 1.71. The molecule has 0 aliphatic carbocycles. The largest absolute Gasteiger partial charge is 0.306 e. The van der Waals surface area contributed by atoms with E-state index >= 15 is 0 Å². The van der Waals surface area contributed by atoms with Crippen molar-refractivity contribution in [1.29, 1.82) is 0 Å². The van der Waals surface area contributed by atoms with Crippen molar-refractivity contribution in [2.45, 2.75) is 39.2 Å². The van der Waals surface area contributed by atoms with Crippen molar-refractivity contribution in [2.75, 3.05) is 20.1 Å². The van der Waals surface area contributed by atoms with Crippen LogP contribution in [0.1, 0.15) is 38.3 Å². The van der Waals surface area contributed by atoms with E-state index in [1.165, 1.54) is 12.8 Å². The first-order valence-electron chi connectivity index (χ1n) is 6.81. The van der Waals surface area contributed by atoms with E-state index in [1.807, 2.05) is 0 Å². The Morgan fingerprint density at radius 2 is 2.06 bits per heavy atom. The number of hydrogen-bond acceptors (Lipinski definition) is 3. The average molecular weight is 249 g/mol. The molecule has 1 aliphatic heterocycles. The standard InChI is InChI=1S/C14H23N3O/c1-11(2)13-8-14(18)17(10-15-13)9-12-4-6-16(3)7-5-12/h8,10-12H,4-7,9H2,1-3H3. The maximum Gasteiger partial charge on any atom is 0.253 e. The molecule has 4 heteroatoms. The van der Waals surface area contributed by atoms with Gasteiger partial charge in [0.1, 0.15) is 0 Å². The molecule has 0 atom stereocenters. The summed E-state index contributed by atoms with van der Waals surface area (Å²) in [4.78, 5) is 18.7. The Morgan fingerprint density at radius 3 is 2.61 bits per heavy atom. The molecule has 2 rings (SSSR count). The van der Waals surface area contributed by atoms with Gasteiger partial charge in [0.25, 0.3) is 5.56 Å². The van der Waals surface area contributed by atoms with Crippen molar-refractivity contribution in [3.8, 4) is 0 Å². The lowest BCUT2D eigenvalue weighted by Gasteiger charge is -2.29. The summed E-state index contributed by atoms with van der Waals surface area (Å²) in [7, 11) is 2.15. The van der Waals surface area contributed by atoms with Crippen molar-refractivity contribution in [3.05, 3.63) is 28.4 Å². The van der Waals surface area contributed by atoms with Crippen molar-refractivity contribution in [3.63, 3.8) is 0 Å². The Bertz CT molecular complexity index is 445. The molecule has 0 aromatic carbocycles. The van der Waals surface area contributed by atoms with Crippen LogP contribution in [0.5, 0.6) is 0 Å². The second kappa shape index (κ2) is 5.65. The smallest absolute Gasteiger partial charge is 0.253 e. The van der Waals surface area contributed by atoms with Gasteiger partial charge in [0.05, 0.1) is 12.0 Å². The minimum absolute atomic E-state index is 0.0904. The van der Waals surface area contributed by atoms with Crippen LogP contribution in [0.4, 0.5) is 0 Å². The molecule has 100 valence electrons. The van der Waals surface area contributed by atoms with Crippen molar-refractivity contribution < 1.29 is 0 Å². The van der Waals surface area contributed by atoms with Gasteiger partial charge in [-0.05, 0) is 44.8 Å². The van der Waals surface area contributed by atoms with Crippen LogP contribution in [0, 0.1) is 5.92 Å². The SMILES string of the molecule is CC(C)c1cc(=O)n(CC2CCN(C)CC2)cn1. The molecule has 0 unspecified atom stereocenters. The van der Waals surface area contributed by atoms with E-state index in [-0.39, 0.29) is 5.56 Å². The molecule has 1 saturated heterocycles. The van der Waals surface area contributed by atoms with Gasteiger partial charge < -0.3 is 4.90 Å². The van der Waals surface area contributed by atoms with Crippen LogP contribution in [-0.4, -0.2) is 34.6 Å². The lowest BCUT2D eigenvalue weighted by Crippen LogP contribution is -2.34. The quantitative estimate of drug-likeness (QED) is 0.818. The maximum atomic E-state index is 12.0. The second-order valence-corrected chi connectivity index (χ2v) is 5.71. The molecule has 0 radical (unpaired) electrons. The molecule has 2 heterocycles. The van der Waals surface area contributed by atoms with Crippen LogP contribution in [-0.2, 0) is 6.54 Å². The molecule has 0 spiro atoms. The number of likely N-dealkylation sites (tertiary alicyclic amines) is 1. The number of hydrogen-bond donors (Lipinski definition) is 0. The van der Waals surface area contributed by atoms with Gasteiger partial charge in [-0.3, -0.25) is 9.36 Å². The predicted molar refractivity (Wildman–Crippen MR) is 72.8 cm³/mol. The maximum absolute atomic E-state index is 12.0. The summed E-state index contributed by atoms with van der Waals surface area (Å²) < 4.78 is 1.77. The molecule has 0 N–H and O–H groups in total. The highest BCUT2D eigenvalue weighted by Gasteiger charge is 2.17. The zero-order chi connectivity index (χ0) is 13.1. The number of aromatic nitrogens is 2. The molecule has 1 aliphatic rings. The third-order valence-corrected chi connectivity index (χ3v) is 3.79. The first-order chi connectivity index (χ1) is 8.56. The van der Waals surface area contributed by atoms with Gasteiger partial charge in [-0.15, -0.1) is 0 Å². The van der Waals surface area contributed by atoms with Gasteiger partial charge in [-0.25, -0.2) is 4.98 Å². The molecular formula is C14H23N3O. The second-order valence-electron chi connectivity index (χ2n) is 5.71. The van der Waals surface area contributed by atoms with Crippen LogP contribution in [0.15, 0.2) is 17.2 Å². The fraction of sp³-hybridized carbons (Fsp3) is 0.714. The highest BCUT2D eigenvalue weighted by Crippen LogP contribution is 2.17. The van der Waals surface area contributed by atoms with Gasteiger partial charge in [0.2, 0.25) is 0 Å². The van der Waals surface area contributed by atoms with Crippen LogP contribution < -0.4 is 5.56 Å². The zero-order valence-electron chi connectivity index (χ0n) is 11.6. The first kappa shape index (κ1) is 13.3.